The van der Waals surface area contributed by atoms with E-state index in [9.17, 15) is 0 Å². The molecule has 4 rings (SSSR count). The van der Waals surface area contributed by atoms with E-state index in [0.29, 0.717) is 5.82 Å². The predicted octanol–water partition coefficient (Wildman–Crippen LogP) is 1.94. The fourth-order valence-corrected chi connectivity index (χ4v) is 4.34. The van der Waals surface area contributed by atoms with E-state index in [2.05, 4.69) is 31.7 Å². The minimum absolute atomic E-state index is 0.0551. The smallest absolute Gasteiger partial charge is 0.227 e. The molecule has 0 atom stereocenters. The first kappa shape index (κ1) is 16.3. The van der Waals surface area contributed by atoms with Gasteiger partial charge < -0.3 is 15.6 Å². The Balaban J connectivity index is 1.58. The largest absolute Gasteiger partial charge is 0.384 e. The molecule has 0 saturated carbocycles. The van der Waals surface area contributed by atoms with Gasteiger partial charge in [0.15, 0.2) is 0 Å². The van der Waals surface area contributed by atoms with E-state index in [1.807, 2.05) is 6.33 Å². The van der Waals surface area contributed by atoms with Gasteiger partial charge in [-0.25, -0.2) is 9.97 Å². The van der Waals surface area contributed by atoms with E-state index in [1.165, 1.54) is 24.2 Å². The van der Waals surface area contributed by atoms with E-state index in [-0.39, 0.29) is 5.54 Å². The average molecular weight is 341 g/mol. The van der Waals surface area contributed by atoms with Gasteiger partial charge in [0.2, 0.25) is 5.95 Å². The Bertz CT molecular complexity index is 718. The minimum Gasteiger partial charge on any atom is -0.384 e. The van der Waals surface area contributed by atoms with Gasteiger partial charge in [0.25, 0.3) is 0 Å². The van der Waals surface area contributed by atoms with Crippen molar-refractivity contribution in [3.05, 3.63) is 30.0 Å². The number of aromatic amines is 1. The number of fused-ring (bicyclic) bond motifs is 2. The quantitative estimate of drug-likeness (QED) is 0.884. The normalized spacial score (nSPS) is 20.0. The van der Waals surface area contributed by atoms with E-state index in [0.717, 1.165) is 51.4 Å². The van der Waals surface area contributed by atoms with E-state index in [1.54, 1.807) is 12.3 Å². The number of H-pyrrole nitrogens is 1. The number of nitrogens with zero attached hydrogens (tertiary/aromatic N) is 5. The molecule has 25 heavy (non-hydrogen) atoms. The van der Waals surface area contributed by atoms with Crippen LogP contribution in [0.2, 0.25) is 0 Å². The first-order valence-corrected chi connectivity index (χ1v) is 9.34. The summed E-state index contributed by atoms with van der Waals surface area (Å²) in [5.74, 6) is 1.27. The van der Waals surface area contributed by atoms with Gasteiger partial charge in [-0.05, 0) is 31.9 Å². The molecule has 0 aliphatic carbocycles. The molecule has 0 amide bonds. The fourth-order valence-electron chi connectivity index (χ4n) is 4.34. The lowest BCUT2D eigenvalue weighted by Crippen LogP contribution is -2.56. The van der Waals surface area contributed by atoms with Crippen molar-refractivity contribution in [2.24, 2.45) is 0 Å². The molecular weight excluding hydrogens is 314 g/mol. The standard InChI is InChI=1S/C18H27N7/c1-2-3-9-25-10-5-14-16(22-13-21-14)18(25)6-11-24(12-7-18)17-20-8-4-15(19)23-17/h4,8,13H,2-3,5-7,9-12H2,1H3,(H,21,22)(H2,19,20,23). The molecule has 7 heteroatoms. The highest BCUT2D eigenvalue weighted by molar-refractivity contribution is 5.39. The monoisotopic (exact) mass is 341 g/mol. The highest BCUT2D eigenvalue weighted by atomic mass is 15.3. The lowest BCUT2D eigenvalue weighted by atomic mass is 9.78. The van der Waals surface area contributed by atoms with E-state index < -0.39 is 0 Å². The van der Waals surface area contributed by atoms with Crippen molar-refractivity contribution in [3.8, 4) is 0 Å². The number of imidazole rings is 1. The summed E-state index contributed by atoms with van der Waals surface area (Å²) in [6, 6.07) is 1.73. The van der Waals surface area contributed by atoms with Crippen molar-refractivity contribution in [2.45, 2.75) is 44.6 Å². The zero-order valence-electron chi connectivity index (χ0n) is 14.9. The summed E-state index contributed by atoms with van der Waals surface area (Å²) >= 11 is 0. The van der Waals surface area contributed by atoms with Crippen LogP contribution >= 0.6 is 0 Å². The van der Waals surface area contributed by atoms with Crippen molar-refractivity contribution in [3.63, 3.8) is 0 Å². The average Bonchev–Trinajstić information content (AvgIpc) is 3.12. The zero-order chi connectivity index (χ0) is 17.3. The van der Waals surface area contributed by atoms with Gasteiger partial charge in [0.1, 0.15) is 5.82 Å². The molecule has 1 spiro atoms. The van der Waals surface area contributed by atoms with Crippen LogP contribution in [0.15, 0.2) is 18.6 Å². The molecule has 1 saturated heterocycles. The van der Waals surface area contributed by atoms with Gasteiger partial charge in [0, 0.05) is 37.9 Å². The van der Waals surface area contributed by atoms with Gasteiger partial charge in [-0.3, -0.25) is 4.90 Å². The number of nitrogens with two attached hydrogens (primary N) is 1. The Morgan fingerprint density at radius 2 is 2.08 bits per heavy atom. The SMILES string of the molecule is CCCCN1CCc2[nH]cnc2C12CCN(c1nccc(N)n1)CC2. The van der Waals surface area contributed by atoms with Gasteiger partial charge in [-0.2, -0.15) is 4.98 Å². The Morgan fingerprint density at radius 3 is 2.84 bits per heavy atom. The molecule has 134 valence electrons. The third-order valence-electron chi connectivity index (χ3n) is 5.72. The Hall–Kier alpha value is -2.15. The van der Waals surface area contributed by atoms with E-state index >= 15 is 0 Å². The van der Waals surface area contributed by atoms with E-state index in [4.69, 9.17) is 10.7 Å². The first-order chi connectivity index (χ1) is 12.2. The zero-order valence-corrected chi connectivity index (χ0v) is 14.9. The summed E-state index contributed by atoms with van der Waals surface area (Å²) in [4.78, 5) is 21.8. The summed E-state index contributed by atoms with van der Waals surface area (Å²) in [7, 11) is 0. The van der Waals surface area contributed by atoms with Crippen molar-refractivity contribution in [1.29, 1.82) is 0 Å². The van der Waals surface area contributed by atoms with Crippen LogP contribution in [0, 0.1) is 0 Å². The predicted molar refractivity (Wildman–Crippen MR) is 98.3 cm³/mol. The summed E-state index contributed by atoms with van der Waals surface area (Å²) in [5.41, 5.74) is 8.47. The molecule has 2 aromatic rings. The summed E-state index contributed by atoms with van der Waals surface area (Å²) in [5, 5.41) is 0. The maximum atomic E-state index is 5.83. The minimum atomic E-state index is 0.0551. The van der Waals surface area contributed by atoms with Crippen LogP contribution in [0.25, 0.3) is 0 Å². The van der Waals surface area contributed by atoms with Gasteiger partial charge in [-0.1, -0.05) is 13.3 Å². The number of rotatable bonds is 4. The van der Waals surface area contributed by atoms with Crippen molar-refractivity contribution < 1.29 is 0 Å². The van der Waals surface area contributed by atoms with Crippen LogP contribution in [0.1, 0.15) is 44.0 Å². The highest BCUT2D eigenvalue weighted by Gasteiger charge is 2.46. The van der Waals surface area contributed by atoms with Gasteiger partial charge in [0.05, 0.1) is 17.6 Å². The van der Waals surface area contributed by atoms with Crippen LogP contribution in [-0.2, 0) is 12.0 Å². The molecule has 0 radical (unpaired) electrons. The van der Waals surface area contributed by atoms with Gasteiger partial charge >= 0.3 is 0 Å². The molecule has 2 aliphatic rings. The summed E-state index contributed by atoms with van der Waals surface area (Å²) in [6.07, 6.45) is 9.24. The Kier molecular flexibility index (Phi) is 4.33. The molecule has 3 N–H and O–H groups in total. The lowest BCUT2D eigenvalue weighted by Gasteiger charge is -2.50. The van der Waals surface area contributed by atoms with Crippen molar-refractivity contribution in [1.82, 2.24) is 24.8 Å². The molecule has 2 aromatic heterocycles. The number of unbranched alkanes of at least 4 members (excludes halogenated alkanes) is 1. The molecule has 4 heterocycles. The second-order valence-electron chi connectivity index (χ2n) is 7.12. The highest BCUT2D eigenvalue weighted by Crippen LogP contribution is 2.42. The molecule has 1 fully saturated rings. The third kappa shape index (κ3) is 2.86. The molecule has 7 nitrogen and oxygen atoms in total. The number of anilines is 2. The summed E-state index contributed by atoms with van der Waals surface area (Å²) in [6.45, 7) is 6.38. The lowest BCUT2D eigenvalue weighted by molar-refractivity contribution is 0.0429. The second-order valence-corrected chi connectivity index (χ2v) is 7.12. The maximum Gasteiger partial charge on any atom is 0.227 e. The number of hydrogen-bond acceptors (Lipinski definition) is 6. The number of aromatic nitrogens is 4. The Morgan fingerprint density at radius 1 is 1.24 bits per heavy atom. The molecular formula is C18H27N7. The van der Waals surface area contributed by atoms with Crippen molar-refractivity contribution in [2.75, 3.05) is 36.8 Å². The van der Waals surface area contributed by atoms with Gasteiger partial charge in [-0.15, -0.1) is 0 Å². The third-order valence-corrected chi connectivity index (χ3v) is 5.72. The maximum absolute atomic E-state index is 5.83. The molecule has 0 aromatic carbocycles. The van der Waals surface area contributed by atoms with Crippen LogP contribution < -0.4 is 10.6 Å². The molecule has 2 aliphatic heterocycles. The number of nitrogens with one attached hydrogen (secondary N) is 1. The molecule has 0 bridgehead atoms. The second kappa shape index (κ2) is 6.63. The van der Waals surface area contributed by atoms with Crippen LogP contribution in [0.3, 0.4) is 0 Å². The first-order valence-electron chi connectivity index (χ1n) is 9.34. The number of nitrogen functional groups attached to an aromatic ring is 1. The van der Waals surface area contributed by atoms with Crippen LogP contribution in [-0.4, -0.2) is 51.0 Å². The fraction of sp³-hybridized carbons (Fsp3) is 0.611. The van der Waals surface area contributed by atoms with Crippen LogP contribution in [0.5, 0.6) is 0 Å². The number of hydrogen-bond donors (Lipinski definition) is 2. The molecule has 0 unspecified atom stereocenters. The summed E-state index contributed by atoms with van der Waals surface area (Å²) < 4.78 is 0. The number of piperidine rings is 1. The topological polar surface area (TPSA) is 87.0 Å². The van der Waals surface area contributed by atoms with Crippen molar-refractivity contribution >= 4 is 11.8 Å². The van der Waals surface area contributed by atoms with Crippen LogP contribution in [0.4, 0.5) is 11.8 Å². The Labute approximate surface area is 148 Å².